The first-order valence-electron chi connectivity index (χ1n) is 7.38. The van der Waals surface area contributed by atoms with Gasteiger partial charge in [0.2, 0.25) is 12.2 Å². The van der Waals surface area contributed by atoms with Crippen molar-refractivity contribution in [3.8, 4) is 6.19 Å². The molecule has 0 unspecified atom stereocenters. The van der Waals surface area contributed by atoms with E-state index in [0.717, 1.165) is 5.56 Å². The van der Waals surface area contributed by atoms with E-state index in [-0.39, 0.29) is 5.91 Å². The Hall–Kier alpha value is -2.91. The number of aromatic nitrogens is 1. The van der Waals surface area contributed by atoms with Gasteiger partial charge >= 0.3 is 0 Å². The Bertz CT molecular complexity index is 798. The van der Waals surface area contributed by atoms with Crippen LogP contribution in [0.15, 0.2) is 53.7 Å². The lowest BCUT2D eigenvalue weighted by atomic mass is 10.2. The Morgan fingerprint density at radius 2 is 2.04 bits per heavy atom. The van der Waals surface area contributed by atoms with E-state index in [2.05, 4.69) is 9.98 Å². The number of aliphatic imine (C=N–C) groups is 1. The van der Waals surface area contributed by atoms with E-state index in [4.69, 9.17) is 16.9 Å². The van der Waals surface area contributed by atoms with Crippen LogP contribution in [0, 0.1) is 11.5 Å². The second-order valence-electron chi connectivity index (χ2n) is 5.25. The molecule has 0 aliphatic carbocycles. The zero-order chi connectivity index (χ0) is 16.9. The van der Waals surface area contributed by atoms with Crippen LogP contribution in [0.3, 0.4) is 0 Å². The van der Waals surface area contributed by atoms with Gasteiger partial charge in [-0.1, -0.05) is 35.9 Å². The number of hydrogen-bond donors (Lipinski definition) is 0. The molecule has 2 aromatic rings. The minimum Gasteiger partial charge on any atom is -0.335 e. The van der Waals surface area contributed by atoms with Gasteiger partial charge in [0.25, 0.3) is 5.91 Å². The lowest BCUT2D eigenvalue weighted by Gasteiger charge is -2.21. The maximum atomic E-state index is 12.7. The Balaban J connectivity index is 1.81. The van der Waals surface area contributed by atoms with Crippen LogP contribution >= 0.6 is 11.6 Å². The minimum atomic E-state index is -0.165. The molecule has 0 spiro atoms. The van der Waals surface area contributed by atoms with Crippen molar-refractivity contribution >= 4 is 23.5 Å². The number of halogens is 1. The van der Waals surface area contributed by atoms with E-state index in [1.54, 1.807) is 30.6 Å². The number of benzene rings is 1. The molecule has 0 bridgehead atoms. The molecule has 24 heavy (non-hydrogen) atoms. The van der Waals surface area contributed by atoms with Crippen LogP contribution < -0.4 is 0 Å². The first kappa shape index (κ1) is 16.0. The van der Waals surface area contributed by atoms with Gasteiger partial charge in [0.15, 0.2) is 0 Å². The van der Waals surface area contributed by atoms with E-state index >= 15 is 0 Å². The summed E-state index contributed by atoms with van der Waals surface area (Å²) < 4.78 is 0. The van der Waals surface area contributed by atoms with Gasteiger partial charge in [0, 0.05) is 31.4 Å². The van der Waals surface area contributed by atoms with Gasteiger partial charge in [-0.25, -0.2) is 4.98 Å². The lowest BCUT2D eigenvalue weighted by Crippen LogP contribution is -2.37. The molecule has 2 heterocycles. The SMILES string of the molecule is N#CN=C1N(Cc2ccc(Cl)nc2)CCN1C(=O)c1ccccc1. The normalized spacial score (nSPS) is 15.6. The molecule has 1 aromatic heterocycles. The molecule has 7 heteroatoms. The third-order valence-corrected chi connectivity index (χ3v) is 3.92. The summed E-state index contributed by atoms with van der Waals surface area (Å²) in [5, 5.41) is 9.41. The summed E-state index contributed by atoms with van der Waals surface area (Å²) in [7, 11) is 0. The molecule has 0 N–H and O–H groups in total. The fraction of sp³-hybridized carbons (Fsp3) is 0.176. The van der Waals surface area contributed by atoms with Crippen molar-refractivity contribution in [3.63, 3.8) is 0 Å². The van der Waals surface area contributed by atoms with Gasteiger partial charge < -0.3 is 4.90 Å². The number of guanidine groups is 1. The molecule has 1 aliphatic heterocycles. The molecule has 0 atom stereocenters. The van der Waals surface area contributed by atoms with E-state index in [0.29, 0.717) is 36.3 Å². The Labute approximate surface area is 144 Å². The molecule has 3 rings (SSSR count). The van der Waals surface area contributed by atoms with E-state index in [1.165, 1.54) is 4.90 Å². The van der Waals surface area contributed by atoms with Crippen molar-refractivity contribution in [1.29, 1.82) is 5.26 Å². The van der Waals surface area contributed by atoms with Crippen LogP contribution in [-0.2, 0) is 6.54 Å². The molecule has 1 aliphatic rings. The Morgan fingerprint density at radius 3 is 2.71 bits per heavy atom. The van der Waals surface area contributed by atoms with Crippen LogP contribution in [0.4, 0.5) is 0 Å². The summed E-state index contributed by atoms with van der Waals surface area (Å²) >= 11 is 5.79. The lowest BCUT2D eigenvalue weighted by molar-refractivity contribution is 0.0858. The fourth-order valence-electron chi connectivity index (χ4n) is 2.57. The van der Waals surface area contributed by atoms with Crippen LogP contribution in [0.2, 0.25) is 5.15 Å². The Kier molecular flexibility index (Phi) is 4.73. The average Bonchev–Trinajstić information content (AvgIpc) is 3.00. The molecule has 1 saturated heterocycles. The van der Waals surface area contributed by atoms with Gasteiger partial charge in [0.05, 0.1) is 0 Å². The summed E-state index contributed by atoms with van der Waals surface area (Å²) in [5.41, 5.74) is 1.50. The highest BCUT2D eigenvalue weighted by Gasteiger charge is 2.32. The van der Waals surface area contributed by atoms with Crippen molar-refractivity contribution in [2.45, 2.75) is 6.54 Å². The molecular weight excluding hydrogens is 326 g/mol. The number of carbonyl (C=O) groups is 1. The number of nitrogens with zero attached hydrogens (tertiary/aromatic N) is 5. The van der Waals surface area contributed by atoms with Gasteiger partial charge in [0.1, 0.15) is 5.15 Å². The summed E-state index contributed by atoms with van der Waals surface area (Å²) in [6, 6.07) is 12.5. The average molecular weight is 340 g/mol. The van der Waals surface area contributed by atoms with E-state index in [1.807, 2.05) is 29.2 Å². The third kappa shape index (κ3) is 3.36. The van der Waals surface area contributed by atoms with Crippen molar-refractivity contribution in [1.82, 2.24) is 14.8 Å². The molecular formula is C17H14ClN5O. The second-order valence-corrected chi connectivity index (χ2v) is 5.63. The smallest absolute Gasteiger partial charge is 0.260 e. The molecule has 120 valence electrons. The zero-order valence-electron chi connectivity index (χ0n) is 12.8. The highest BCUT2D eigenvalue weighted by Crippen LogP contribution is 2.17. The van der Waals surface area contributed by atoms with Crippen LogP contribution in [0.25, 0.3) is 0 Å². The maximum absolute atomic E-state index is 12.7. The molecule has 0 saturated carbocycles. The predicted molar refractivity (Wildman–Crippen MR) is 90.2 cm³/mol. The molecule has 0 radical (unpaired) electrons. The van der Waals surface area contributed by atoms with Crippen molar-refractivity contribution in [3.05, 3.63) is 64.9 Å². The van der Waals surface area contributed by atoms with Gasteiger partial charge in [-0.05, 0) is 23.8 Å². The second kappa shape index (κ2) is 7.11. The first-order chi connectivity index (χ1) is 11.7. The molecule has 1 amide bonds. The van der Waals surface area contributed by atoms with Crippen LogP contribution in [-0.4, -0.2) is 39.7 Å². The summed E-state index contributed by atoms with van der Waals surface area (Å²) in [6.07, 6.45) is 3.46. The number of amides is 1. The monoisotopic (exact) mass is 339 g/mol. The summed E-state index contributed by atoms with van der Waals surface area (Å²) in [5.74, 6) is 0.197. The largest absolute Gasteiger partial charge is 0.335 e. The van der Waals surface area contributed by atoms with Crippen LogP contribution in [0.5, 0.6) is 0 Å². The van der Waals surface area contributed by atoms with E-state index in [9.17, 15) is 4.79 Å². The van der Waals surface area contributed by atoms with Crippen molar-refractivity contribution in [2.75, 3.05) is 13.1 Å². The molecule has 1 aromatic carbocycles. The van der Waals surface area contributed by atoms with Gasteiger partial charge in [-0.2, -0.15) is 5.26 Å². The van der Waals surface area contributed by atoms with E-state index < -0.39 is 0 Å². The standard InChI is InChI=1S/C17H14ClN5O/c18-15-7-6-13(10-20-15)11-22-8-9-23(17(22)21-12-19)16(24)14-4-2-1-3-5-14/h1-7,10H,8-9,11H2. The van der Waals surface area contributed by atoms with Gasteiger partial charge in [-0.15, -0.1) is 4.99 Å². The number of pyridine rings is 1. The molecule has 6 nitrogen and oxygen atoms in total. The number of hydrogen-bond acceptors (Lipinski definition) is 4. The zero-order valence-corrected chi connectivity index (χ0v) is 13.5. The highest BCUT2D eigenvalue weighted by atomic mass is 35.5. The van der Waals surface area contributed by atoms with Crippen molar-refractivity contribution in [2.24, 2.45) is 4.99 Å². The van der Waals surface area contributed by atoms with Crippen molar-refractivity contribution < 1.29 is 4.79 Å². The summed E-state index contributed by atoms with van der Waals surface area (Å²) in [6.45, 7) is 1.58. The highest BCUT2D eigenvalue weighted by molar-refractivity contribution is 6.29. The first-order valence-corrected chi connectivity index (χ1v) is 7.76. The number of rotatable bonds is 3. The van der Waals surface area contributed by atoms with Gasteiger partial charge in [-0.3, -0.25) is 9.69 Å². The van der Waals surface area contributed by atoms with Crippen LogP contribution in [0.1, 0.15) is 15.9 Å². The quantitative estimate of drug-likeness (QED) is 0.636. The summed E-state index contributed by atoms with van der Waals surface area (Å²) in [4.78, 5) is 24.0. The fourth-order valence-corrected chi connectivity index (χ4v) is 2.68. The Morgan fingerprint density at radius 1 is 1.25 bits per heavy atom. The number of carbonyl (C=O) groups excluding carboxylic acids is 1. The minimum absolute atomic E-state index is 0.165. The number of nitriles is 1. The topological polar surface area (TPSA) is 72.6 Å². The predicted octanol–water partition coefficient (Wildman–Crippen LogP) is 2.53. The third-order valence-electron chi connectivity index (χ3n) is 3.70. The maximum Gasteiger partial charge on any atom is 0.260 e. The molecule has 1 fully saturated rings.